The molecule has 0 spiro atoms. The quantitative estimate of drug-likeness (QED) is 0.719. The molecule has 0 aliphatic carbocycles. The zero-order valence-corrected chi connectivity index (χ0v) is 14.6. The first-order chi connectivity index (χ1) is 12.5. The fourth-order valence-corrected chi connectivity index (χ4v) is 3.97. The van der Waals surface area contributed by atoms with Gasteiger partial charge in [0.25, 0.3) is 5.91 Å². The lowest BCUT2D eigenvalue weighted by molar-refractivity contribution is -0.124. The summed E-state index contributed by atoms with van der Waals surface area (Å²) < 4.78 is 20.8. The number of carbonyl (C=O) groups excluding carboxylic acids is 1. The fourth-order valence-electron chi connectivity index (χ4n) is 3.11. The third kappa shape index (κ3) is 2.60. The monoisotopic (exact) mass is 367 g/mol. The lowest BCUT2D eigenvalue weighted by Gasteiger charge is -2.29. The summed E-state index contributed by atoms with van der Waals surface area (Å²) >= 11 is 1.48. The molecule has 1 unspecified atom stereocenters. The van der Waals surface area contributed by atoms with E-state index in [0.717, 1.165) is 4.88 Å². The predicted octanol–water partition coefficient (Wildman–Crippen LogP) is 3.99. The molecule has 3 heterocycles. The molecule has 0 radical (unpaired) electrons. The molecule has 5 nitrogen and oxygen atoms in total. The molecule has 1 atom stereocenters. The van der Waals surface area contributed by atoms with Crippen LogP contribution in [0, 0.1) is 17.1 Å². The highest BCUT2D eigenvalue weighted by atomic mass is 32.1. The predicted molar refractivity (Wildman–Crippen MR) is 96.3 cm³/mol. The minimum Gasteiger partial charge on any atom is -0.355 e. The van der Waals surface area contributed by atoms with Gasteiger partial charge in [-0.1, -0.05) is 6.07 Å². The number of anilines is 1. The van der Waals surface area contributed by atoms with E-state index in [1.165, 1.54) is 17.4 Å². The molecular weight excluding hydrogens is 353 g/mol. The number of halogens is 1. The van der Waals surface area contributed by atoms with Crippen molar-refractivity contribution < 1.29 is 13.9 Å². The van der Waals surface area contributed by atoms with Gasteiger partial charge in [-0.2, -0.15) is 5.26 Å². The van der Waals surface area contributed by atoms with Crippen LogP contribution in [0.1, 0.15) is 23.1 Å². The van der Waals surface area contributed by atoms with Crippen LogP contribution in [0.25, 0.3) is 11.3 Å². The van der Waals surface area contributed by atoms with Gasteiger partial charge in [0.15, 0.2) is 0 Å². The molecule has 0 saturated carbocycles. The topological polar surface area (TPSA) is 77.9 Å². The normalized spacial score (nSPS) is 19.3. The van der Waals surface area contributed by atoms with Crippen molar-refractivity contribution in [3.05, 3.63) is 63.7 Å². The number of ether oxygens (including phenoxy) is 1. The molecule has 2 aromatic heterocycles. The number of H-pyrrole nitrogens is 1. The van der Waals surface area contributed by atoms with E-state index in [0.29, 0.717) is 22.5 Å². The van der Waals surface area contributed by atoms with E-state index in [9.17, 15) is 9.18 Å². The van der Waals surface area contributed by atoms with Crippen molar-refractivity contribution in [2.75, 3.05) is 11.9 Å². The standard InChI is InChI=1S/C19H14FN3O2S/c1-19(16-3-2-6-26-16)13-7-11(15-5-4-12(9-21)22-15)8-14(20)18(13)23-17(24)10-25-19/h2-8,22H,10H2,1H3,(H,23,24). The maximum absolute atomic E-state index is 14.9. The van der Waals surface area contributed by atoms with Crippen LogP contribution in [0.15, 0.2) is 41.8 Å². The fraction of sp³-hybridized carbons (Fsp3) is 0.158. The number of fused-ring (bicyclic) bond motifs is 1. The first-order valence-electron chi connectivity index (χ1n) is 7.92. The molecular formula is C19H14FN3O2S. The molecule has 1 aliphatic heterocycles. The summed E-state index contributed by atoms with van der Waals surface area (Å²) in [5.74, 6) is -0.947. The number of nitriles is 1. The third-order valence-corrected chi connectivity index (χ3v) is 5.54. The zero-order valence-electron chi connectivity index (χ0n) is 13.8. The van der Waals surface area contributed by atoms with Crippen LogP contribution < -0.4 is 5.32 Å². The molecule has 0 fully saturated rings. The molecule has 1 aliphatic rings. The second-order valence-electron chi connectivity index (χ2n) is 6.13. The SMILES string of the molecule is CC1(c2cccs2)OCC(=O)Nc2c(F)cc(-c3ccc(C#N)[nH]3)cc21. The van der Waals surface area contributed by atoms with E-state index in [-0.39, 0.29) is 12.3 Å². The van der Waals surface area contributed by atoms with E-state index in [1.54, 1.807) is 18.2 Å². The average Bonchev–Trinajstić information content (AvgIpc) is 3.31. The Bertz CT molecular complexity index is 1040. The summed E-state index contributed by atoms with van der Waals surface area (Å²) in [6.07, 6.45) is 0. The summed E-state index contributed by atoms with van der Waals surface area (Å²) in [5.41, 5.74) is 1.27. The Hall–Kier alpha value is -2.95. The Kier molecular flexibility index (Phi) is 3.87. The number of hydrogen-bond donors (Lipinski definition) is 2. The number of nitrogens with zero attached hydrogens (tertiary/aromatic N) is 1. The van der Waals surface area contributed by atoms with Gasteiger partial charge >= 0.3 is 0 Å². The first-order valence-corrected chi connectivity index (χ1v) is 8.80. The number of nitrogens with one attached hydrogen (secondary N) is 2. The zero-order chi connectivity index (χ0) is 18.3. The van der Waals surface area contributed by atoms with Crippen LogP contribution in [0.5, 0.6) is 0 Å². The number of aromatic nitrogens is 1. The molecule has 1 aromatic carbocycles. The molecule has 0 bridgehead atoms. The molecule has 130 valence electrons. The number of hydrogen-bond acceptors (Lipinski definition) is 4. The summed E-state index contributed by atoms with van der Waals surface area (Å²) in [6.45, 7) is 1.66. The maximum Gasteiger partial charge on any atom is 0.250 e. The lowest BCUT2D eigenvalue weighted by atomic mass is 9.90. The van der Waals surface area contributed by atoms with Crippen LogP contribution in [0.4, 0.5) is 10.1 Å². The molecule has 2 N–H and O–H groups in total. The summed E-state index contributed by atoms with van der Waals surface area (Å²) in [7, 11) is 0. The van der Waals surface area contributed by atoms with Gasteiger partial charge in [-0.3, -0.25) is 4.79 Å². The van der Waals surface area contributed by atoms with Crippen molar-refractivity contribution in [2.45, 2.75) is 12.5 Å². The molecule has 4 rings (SSSR count). The van der Waals surface area contributed by atoms with Gasteiger partial charge in [0.1, 0.15) is 29.8 Å². The molecule has 26 heavy (non-hydrogen) atoms. The van der Waals surface area contributed by atoms with Crippen LogP contribution in [0.2, 0.25) is 0 Å². The van der Waals surface area contributed by atoms with E-state index in [2.05, 4.69) is 10.3 Å². The highest BCUT2D eigenvalue weighted by molar-refractivity contribution is 7.10. The molecule has 7 heteroatoms. The number of benzene rings is 1. The van der Waals surface area contributed by atoms with Gasteiger partial charge in [-0.25, -0.2) is 4.39 Å². The highest BCUT2D eigenvalue weighted by Gasteiger charge is 2.38. The Morgan fingerprint density at radius 3 is 2.88 bits per heavy atom. The van der Waals surface area contributed by atoms with Crippen molar-refractivity contribution in [3.63, 3.8) is 0 Å². The van der Waals surface area contributed by atoms with Crippen molar-refractivity contribution in [1.82, 2.24) is 4.98 Å². The van der Waals surface area contributed by atoms with E-state index in [4.69, 9.17) is 10.00 Å². The van der Waals surface area contributed by atoms with Crippen molar-refractivity contribution in [2.24, 2.45) is 0 Å². The van der Waals surface area contributed by atoms with E-state index >= 15 is 0 Å². The minimum absolute atomic E-state index is 0.124. The number of amides is 1. The number of aromatic amines is 1. The number of rotatable bonds is 2. The second-order valence-corrected chi connectivity index (χ2v) is 7.07. The van der Waals surface area contributed by atoms with Crippen molar-refractivity contribution in [3.8, 4) is 17.3 Å². The van der Waals surface area contributed by atoms with Crippen LogP contribution >= 0.6 is 11.3 Å². The highest BCUT2D eigenvalue weighted by Crippen LogP contribution is 2.43. The number of carbonyl (C=O) groups is 1. The molecule has 0 saturated heterocycles. The van der Waals surface area contributed by atoms with Crippen LogP contribution in [-0.4, -0.2) is 17.5 Å². The van der Waals surface area contributed by atoms with Crippen LogP contribution in [-0.2, 0) is 15.1 Å². The maximum atomic E-state index is 14.9. The van der Waals surface area contributed by atoms with Crippen LogP contribution in [0.3, 0.4) is 0 Å². The smallest absolute Gasteiger partial charge is 0.250 e. The van der Waals surface area contributed by atoms with Crippen molar-refractivity contribution >= 4 is 22.9 Å². The Morgan fingerprint density at radius 1 is 1.35 bits per heavy atom. The average molecular weight is 367 g/mol. The van der Waals surface area contributed by atoms with Gasteiger partial charge in [-0.15, -0.1) is 11.3 Å². The summed E-state index contributed by atoms with van der Waals surface area (Å²) in [5, 5.41) is 13.5. The Morgan fingerprint density at radius 2 is 2.19 bits per heavy atom. The summed E-state index contributed by atoms with van der Waals surface area (Å²) in [6, 6.07) is 12.3. The van der Waals surface area contributed by atoms with Gasteiger partial charge in [0.05, 0.1) is 5.69 Å². The summed E-state index contributed by atoms with van der Waals surface area (Å²) in [4.78, 5) is 15.8. The van der Waals surface area contributed by atoms with E-state index in [1.807, 2.05) is 30.5 Å². The van der Waals surface area contributed by atoms with Crippen molar-refractivity contribution in [1.29, 1.82) is 5.26 Å². The first kappa shape index (κ1) is 16.5. The van der Waals surface area contributed by atoms with Gasteiger partial charge in [0, 0.05) is 21.7 Å². The third-order valence-electron chi connectivity index (χ3n) is 4.47. The van der Waals surface area contributed by atoms with Gasteiger partial charge < -0.3 is 15.0 Å². The second kappa shape index (κ2) is 6.09. The molecule has 3 aromatic rings. The Balaban J connectivity index is 1.94. The van der Waals surface area contributed by atoms with E-state index < -0.39 is 17.3 Å². The molecule has 1 amide bonds. The largest absolute Gasteiger partial charge is 0.355 e. The lowest BCUT2D eigenvalue weighted by Crippen LogP contribution is -2.27. The van der Waals surface area contributed by atoms with Gasteiger partial charge in [0.2, 0.25) is 0 Å². The number of thiophene rings is 1. The Labute approximate surface area is 153 Å². The minimum atomic E-state index is -0.968. The van der Waals surface area contributed by atoms with Gasteiger partial charge in [-0.05, 0) is 42.6 Å².